The number of halogens is 4. The van der Waals surface area contributed by atoms with Crippen LogP contribution in [0, 0.1) is 40.1 Å². The van der Waals surface area contributed by atoms with Gasteiger partial charge < -0.3 is 29.7 Å². The highest BCUT2D eigenvalue weighted by Crippen LogP contribution is 2.42. The number of aromatic nitrogens is 4. The second-order valence-electron chi connectivity index (χ2n) is 12.9. The number of nitrogens with one attached hydrogen (secondary N) is 2. The van der Waals surface area contributed by atoms with Crippen LogP contribution in [0.2, 0.25) is 5.02 Å². The third-order valence-corrected chi connectivity index (χ3v) is 9.30. The summed E-state index contributed by atoms with van der Waals surface area (Å²) in [5.41, 5.74) is 2.24. The molecule has 18 heteroatoms. The van der Waals surface area contributed by atoms with E-state index in [0.29, 0.717) is 44.5 Å². The number of nitrogens with zero attached hydrogens (tertiary/aromatic N) is 8. The highest BCUT2D eigenvalue weighted by Gasteiger charge is 2.37. The molecule has 0 saturated carbocycles. The average Bonchev–Trinajstić information content (AvgIpc) is 3.92. The molecular weight excluding hydrogens is 789 g/mol. The Kier molecular flexibility index (Phi) is 13.3. The van der Waals surface area contributed by atoms with Crippen LogP contribution in [0.1, 0.15) is 54.4 Å². The van der Waals surface area contributed by atoms with Crippen LogP contribution in [0.4, 0.5) is 47.3 Å². The van der Waals surface area contributed by atoms with E-state index in [4.69, 9.17) is 46.7 Å². The Balaban J connectivity index is 0.000000225. The maximum absolute atomic E-state index is 13.5. The Bertz CT molecular complexity index is 2620. The molecule has 0 saturated heterocycles. The highest BCUT2D eigenvalue weighted by atomic mass is 35.5. The van der Waals surface area contributed by atoms with Crippen LogP contribution in [-0.2, 0) is 6.18 Å². The third kappa shape index (κ3) is 9.82. The number of alkyl halides is 3. The first-order chi connectivity index (χ1) is 28.1. The van der Waals surface area contributed by atoms with Crippen LogP contribution < -0.4 is 10.6 Å². The molecular formula is C41H32ClF3N10O4. The van der Waals surface area contributed by atoms with E-state index < -0.39 is 41.7 Å². The molecule has 2 aromatic heterocycles. The zero-order chi connectivity index (χ0) is 43.0. The molecule has 0 aliphatic heterocycles. The SMILES string of the molecule is [C-]#[N+]c1ccc(-c2nnc([C@H](Nc3ccc([N+]#[C-])c(C(F)(F)F)c3C)[C@H](C)O)o2)cc1.[C-]#[N+]c1ccc(-c2nnc([C@H](Nc3ccc([N+]#[C-])c(Cl)c3C)[C@H](C)O)o2)cc1. The Morgan fingerprint density at radius 2 is 1.02 bits per heavy atom. The van der Waals surface area contributed by atoms with Crippen LogP contribution in [0.15, 0.2) is 81.6 Å². The van der Waals surface area contributed by atoms with Gasteiger partial charge in [-0.25, -0.2) is 19.4 Å². The number of anilines is 2. The van der Waals surface area contributed by atoms with Crippen molar-refractivity contribution in [1.82, 2.24) is 20.4 Å². The van der Waals surface area contributed by atoms with Gasteiger partial charge in [-0.05, 0) is 51.0 Å². The van der Waals surface area contributed by atoms with E-state index in [-0.39, 0.29) is 34.8 Å². The van der Waals surface area contributed by atoms with Crippen LogP contribution in [0.3, 0.4) is 0 Å². The van der Waals surface area contributed by atoms with E-state index in [1.54, 1.807) is 74.5 Å². The summed E-state index contributed by atoms with van der Waals surface area (Å²) < 4.78 is 51.8. The molecule has 59 heavy (non-hydrogen) atoms. The van der Waals surface area contributed by atoms with E-state index >= 15 is 0 Å². The predicted octanol–water partition coefficient (Wildman–Crippen LogP) is 11.0. The monoisotopic (exact) mass is 820 g/mol. The molecule has 0 aliphatic rings. The standard InChI is InChI=1S/C21H16F3N5O2.C20H16ClN5O2/c1-11-15(9-10-16(26-4)17(11)21(22,23)24)27-18(12(2)30)20-29-28-19(31-20)13-5-7-14(25-3)8-6-13;1-11-15(9-10-16(23-4)17(11)21)24-18(12(2)27)20-26-25-19(28-20)13-5-7-14(22-3)8-6-13/h5-10,12,18,27,30H,1-2H3;5-10,12,18,24,27H,1-2H3/t2*12-,18+/m00/s1. The second kappa shape index (κ2) is 18.3. The molecule has 0 aliphatic carbocycles. The molecule has 4 aromatic carbocycles. The van der Waals surface area contributed by atoms with Gasteiger partial charge in [0.2, 0.25) is 29.3 Å². The summed E-state index contributed by atoms with van der Waals surface area (Å²) in [7, 11) is 0. The van der Waals surface area contributed by atoms with Crippen LogP contribution in [-0.4, -0.2) is 42.8 Å². The molecule has 0 radical (unpaired) electrons. The Morgan fingerprint density at radius 3 is 1.39 bits per heavy atom. The molecule has 0 spiro atoms. The summed E-state index contributed by atoms with van der Waals surface area (Å²) in [4.78, 5) is 13.0. The minimum atomic E-state index is -4.71. The van der Waals surface area contributed by atoms with Gasteiger partial charge in [0.1, 0.15) is 12.1 Å². The molecule has 14 nitrogen and oxygen atoms in total. The number of rotatable bonds is 10. The molecule has 0 unspecified atom stereocenters. The van der Waals surface area contributed by atoms with Gasteiger partial charge >= 0.3 is 6.18 Å². The van der Waals surface area contributed by atoms with Crippen LogP contribution >= 0.6 is 11.6 Å². The summed E-state index contributed by atoms with van der Waals surface area (Å²) in [6.45, 7) is 34.2. The molecule has 0 bridgehead atoms. The van der Waals surface area contributed by atoms with Crippen molar-refractivity contribution in [1.29, 1.82) is 0 Å². The van der Waals surface area contributed by atoms with Gasteiger partial charge in [0.15, 0.2) is 17.1 Å². The zero-order valence-electron chi connectivity index (χ0n) is 31.5. The number of aliphatic hydroxyl groups excluding tert-OH is 2. The van der Waals surface area contributed by atoms with Gasteiger partial charge in [-0.3, -0.25) is 0 Å². The Morgan fingerprint density at radius 1 is 0.610 bits per heavy atom. The normalized spacial score (nSPS) is 12.9. The quantitative estimate of drug-likeness (QED) is 0.0980. The Labute approximate surface area is 341 Å². The average molecular weight is 821 g/mol. The van der Waals surface area contributed by atoms with Crippen molar-refractivity contribution in [3.8, 4) is 22.9 Å². The molecule has 4 N–H and O–H groups in total. The maximum atomic E-state index is 13.5. The number of hydrogen-bond donors (Lipinski definition) is 4. The number of hydrogen-bond acceptors (Lipinski definition) is 10. The first kappa shape index (κ1) is 42.9. The zero-order valence-corrected chi connectivity index (χ0v) is 32.3. The van der Waals surface area contributed by atoms with Crippen molar-refractivity contribution in [3.05, 3.63) is 152 Å². The Hall–Kier alpha value is -7.28. The first-order valence-corrected chi connectivity index (χ1v) is 17.7. The smallest absolute Gasteiger partial charge is 0.407 e. The van der Waals surface area contributed by atoms with Crippen molar-refractivity contribution in [2.24, 2.45) is 0 Å². The summed E-state index contributed by atoms with van der Waals surface area (Å²) in [6, 6.07) is 17.3. The lowest BCUT2D eigenvalue weighted by Crippen LogP contribution is -2.24. The lowest BCUT2D eigenvalue weighted by Gasteiger charge is -2.22. The van der Waals surface area contributed by atoms with Gasteiger partial charge in [-0.1, -0.05) is 72.3 Å². The second-order valence-corrected chi connectivity index (χ2v) is 13.2. The molecule has 0 fully saturated rings. The van der Waals surface area contributed by atoms with Gasteiger partial charge in [-0.2, -0.15) is 13.2 Å². The fourth-order valence-corrected chi connectivity index (χ4v) is 5.85. The molecule has 4 atom stereocenters. The van der Waals surface area contributed by atoms with E-state index in [1.807, 2.05) is 0 Å². The minimum Gasteiger partial charge on any atom is -0.418 e. The third-order valence-electron chi connectivity index (χ3n) is 8.82. The molecule has 298 valence electrons. The highest BCUT2D eigenvalue weighted by molar-refractivity contribution is 6.34. The summed E-state index contributed by atoms with van der Waals surface area (Å²) in [6.07, 6.45) is -6.64. The molecule has 6 rings (SSSR count). The maximum Gasteiger partial charge on any atom is 0.407 e. The topological polar surface area (TPSA) is 160 Å². The largest absolute Gasteiger partial charge is 0.418 e. The van der Waals surface area contributed by atoms with Gasteiger partial charge in [0, 0.05) is 22.5 Å². The van der Waals surface area contributed by atoms with Crippen LogP contribution in [0.25, 0.3) is 42.3 Å². The predicted molar refractivity (Wildman–Crippen MR) is 213 cm³/mol. The van der Waals surface area contributed by atoms with E-state index in [2.05, 4.69) is 50.4 Å². The van der Waals surface area contributed by atoms with Crippen molar-refractivity contribution < 1.29 is 32.2 Å². The summed E-state index contributed by atoms with van der Waals surface area (Å²) in [5, 5.41) is 42.7. The van der Waals surface area contributed by atoms with Gasteiger partial charge in [0.05, 0.1) is 49.1 Å². The van der Waals surface area contributed by atoms with E-state index in [1.165, 1.54) is 19.9 Å². The molecule has 2 heterocycles. The van der Waals surface area contributed by atoms with E-state index in [9.17, 15) is 23.4 Å². The van der Waals surface area contributed by atoms with Crippen LogP contribution in [0.5, 0.6) is 0 Å². The number of aliphatic hydroxyl groups is 2. The number of benzene rings is 4. The van der Waals surface area contributed by atoms with Crippen molar-refractivity contribution in [2.45, 2.75) is 58.2 Å². The summed E-state index contributed by atoms with van der Waals surface area (Å²) >= 11 is 6.23. The first-order valence-electron chi connectivity index (χ1n) is 17.4. The van der Waals surface area contributed by atoms with Gasteiger partial charge in [-0.15, -0.1) is 20.4 Å². The van der Waals surface area contributed by atoms with Crippen molar-refractivity contribution in [3.63, 3.8) is 0 Å². The van der Waals surface area contributed by atoms with E-state index in [0.717, 1.165) is 6.07 Å². The molecule has 6 aromatic rings. The fraction of sp³-hybridized carbons (Fsp3) is 0.220. The van der Waals surface area contributed by atoms with Crippen molar-refractivity contribution in [2.75, 3.05) is 10.6 Å². The summed E-state index contributed by atoms with van der Waals surface area (Å²) in [5.74, 6) is 0.609. The van der Waals surface area contributed by atoms with Crippen molar-refractivity contribution >= 4 is 45.7 Å². The lowest BCUT2D eigenvalue weighted by molar-refractivity contribution is -0.137. The van der Waals surface area contributed by atoms with Gasteiger partial charge in [0.25, 0.3) is 0 Å². The molecule has 0 amide bonds. The lowest BCUT2D eigenvalue weighted by atomic mass is 10.0. The fourth-order valence-electron chi connectivity index (χ4n) is 5.64. The minimum absolute atomic E-state index is 0.0264.